The number of rotatable bonds is 6. The quantitative estimate of drug-likeness (QED) is 0.366. The van der Waals surface area contributed by atoms with Crippen LogP contribution in [0.25, 0.3) is 21.7 Å². The normalized spacial score (nSPS) is 14.8. The zero-order valence-electron chi connectivity index (χ0n) is 17.8. The van der Waals surface area contributed by atoms with E-state index in [9.17, 15) is 9.18 Å². The molecule has 6 nitrogen and oxygen atoms in total. The van der Waals surface area contributed by atoms with E-state index in [0.717, 1.165) is 73.4 Å². The fourth-order valence-electron chi connectivity index (χ4n) is 4.34. The van der Waals surface area contributed by atoms with Crippen molar-refractivity contribution in [2.45, 2.75) is 6.42 Å². The fraction of sp³-hybridized carbons (Fsp3) is 0.280. The number of piperazine rings is 1. The molecular weight excluding hydrogens is 407 g/mol. The van der Waals surface area contributed by atoms with Crippen LogP contribution < -0.4 is 15.8 Å². The highest BCUT2D eigenvalue weighted by Gasteiger charge is 2.19. The SMILES string of the molecule is O=c1cc(NCCCN2CCN(c3nccc4ccc(F)cc34)CC2)c2ccccc2o1. The van der Waals surface area contributed by atoms with E-state index in [1.807, 2.05) is 24.3 Å². The van der Waals surface area contributed by atoms with Crippen molar-refractivity contribution in [3.05, 3.63) is 77.0 Å². The number of anilines is 2. The van der Waals surface area contributed by atoms with Crippen LogP contribution in [0.4, 0.5) is 15.9 Å². The van der Waals surface area contributed by atoms with Gasteiger partial charge in [-0.25, -0.2) is 14.2 Å². The van der Waals surface area contributed by atoms with Gasteiger partial charge in [0.25, 0.3) is 0 Å². The van der Waals surface area contributed by atoms with Gasteiger partial charge in [0.2, 0.25) is 0 Å². The molecule has 0 atom stereocenters. The van der Waals surface area contributed by atoms with E-state index in [-0.39, 0.29) is 11.4 Å². The van der Waals surface area contributed by atoms with Gasteiger partial charge in [0.15, 0.2) is 0 Å². The molecule has 0 spiro atoms. The van der Waals surface area contributed by atoms with E-state index >= 15 is 0 Å². The number of hydrogen-bond donors (Lipinski definition) is 1. The van der Waals surface area contributed by atoms with Crippen molar-refractivity contribution >= 4 is 33.2 Å². The van der Waals surface area contributed by atoms with Crippen LogP contribution >= 0.6 is 0 Å². The van der Waals surface area contributed by atoms with Crippen LogP contribution in [0.15, 0.2) is 70.0 Å². The number of pyridine rings is 1. The lowest BCUT2D eigenvalue weighted by atomic mass is 10.1. The van der Waals surface area contributed by atoms with Gasteiger partial charge in [-0.3, -0.25) is 4.90 Å². The van der Waals surface area contributed by atoms with Gasteiger partial charge in [0.1, 0.15) is 17.2 Å². The maximum atomic E-state index is 13.8. The number of aromatic nitrogens is 1. The predicted octanol–water partition coefficient (Wildman–Crippen LogP) is 4.10. The lowest BCUT2D eigenvalue weighted by molar-refractivity contribution is 0.257. The molecule has 1 aliphatic heterocycles. The van der Waals surface area contributed by atoms with Gasteiger partial charge >= 0.3 is 5.63 Å². The summed E-state index contributed by atoms with van der Waals surface area (Å²) in [5.74, 6) is 0.625. The Morgan fingerprint density at radius 3 is 2.72 bits per heavy atom. The van der Waals surface area contributed by atoms with Gasteiger partial charge in [0, 0.05) is 55.8 Å². The van der Waals surface area contributed by atoms with Gasteiger partial charge in [0.05, 0.1) is 5.69 Å². The highest BCUT2D eigenvalue weighted by Crippen LogP contribution is 2.26. The van der Waals surface area contributed by atoms with E-state index in [4.69, 9.17) is 4.42 Å². The molecule has 5 rings (SSSR count). The third kappa shape index (κ3) is 4.29. The minimum atomic E-state index is -0.343. The van der Waals surface area contributed by atoms with Crippen molar-refractivity contribution < 1.29 is 8.81 Å². The second-order valence-electron chi connectivity index (χ2n) is 8.08. The number of para-hydroxylation sites is 1. The molecule has 0 bridgehead atoms. The molecule has 0 radical (unpaired) electrons. The van der Waals surface area contributed by atoms with Crippen LogP contribution in [0.3, 0.4) is 0 Å². The van der Waals surface area contributed by atoms with Crippen LogP contribution in [-0.4, -0.2) is 49.2 Å². The molecule has 0 amide bonds. The Morgan fingerprint density at radius 1 is 1.00 bits per heavy atom. The molecule has 0 aliphatic carbocycles. The Labute approximate surface area is 185 Å². The summed E-state index contributed by atoms with van der Waals surface area (Å²) in [5, 5.41) is 6.17. The first-order chi connectivity index (χ1) is 15.7. The zero-order chi connectivity index (χ0) is 21.9. The molecule has 0 saturated carbocycles. The second-order valence-corrected chi connectivity index (χ2v) is 8.08. The van der Waals surface area contributed by atoms with Crippen molar-refractivity contribution in [2.24, 2.45) is 0 Å². The summed E-state index contributed by atoms with van der Waals surface area (Å²) >= 11 is 0. The van der Waals surface area contributed by atoms with Crippen LogP contribution in [0, 0.1) is 5.82 Å². The molecule has 0 unspecified atom stereocenters. The summed E-state index contributed by atoms with van der Waals surface area (Å²) in [6, 6.07) is 15.9. The van der Waals surface area contributed by atoms with E-state index in [1.165, 1.54) is 12.1 Å². The maximum absolute atomic E-state index is 13.8. The third-order valence-electron chi connectivity index (χ3n) is 6.00. The number of halogens is 1. The van der Waals surface area contributed by atoms with Gasteiger partial charge in [-0.15, -0.1) is 0 Å². The van der Waals surface area contributed by atoms with Crippen LogP contribution in [-0.2, 0) is 0 Å². The van der Waals surface area contributed by atoms with E-state index < -0.39 is 0 Å². The van der Waals surface area contributed by atoms with Crippen molar-refractivity contribution in [3.63, 3.8) is 0 Å². The Kier molecular flexibility index (Phi) is 5.73. The smallest absolute Gasteiger partial charge is 0.338 e. The molecule has 2 aromatic heterocycles. The average molecular weight is 432 g/mol. The topological polar surface area (TPSA) is 61.6 Å². The van der Waals surface area contributed by atoms with Crippen LogP contribution in [0.2, 0.25) is 0 Å². The number of hydrogen-bond acceptors (Lipinski definition) is 6. The van der Waals surface area contributed by atoms with E-state index in [1.54, 1.807) is 24.4 Å². The summed E-state index contributed by atoms with van der Waals surface area (Å²) in [7, 11) is 0. The molecular formula is C25H25FN4O2. The first-order valence-corrected chi connectivity index (χ1v) is 11.0. The molecule has 2 aromatic carbocycles. The monoisotopic (exact) mass is 432 g/mol. The Hall–Kier alpha value is -3.45. The molecule has 3 heterocycles. The standard InChI is InChI=1S/C25H25FN4O2/c26-19-7-6-18-8-10-28-25(21(18)16-19)30-14-12-29(13-15-30)11-3-9-27-22-17-24(31)32-23-5-2-1-4-20(22)23/h1-2,4-8,10,16-17,27H,3,9,11-15H2. The summed E-state index contributed by atoms with van der Waals surface area (Å²) < 4.78 is 19.0. The van der Waals surface area contributed by atoms with Crippen LogP contribution in [0.5, 0.6) is 0 Å². The van der Waals surface area contributed by atoms with Gasteiger partial charge in [-0.05, 0) is 48.7 Å². The summed E-state index contributed by atoms with van der Waals surface area (Å²) in [5.41, 5.74) is 1.07. The number of nitrogens with zero attached hydrogens (tertiary/aromatic N) is 3. The van der Waals surface area contributed by atoms with Gasteiger partial charge in [-0.1, -0.05) is 18.2 Å². The fourth-order valence-corrected chi connectivity index (χ4v) is 4.34. The van der Waals surface area contributed by atoms with E-state index in [2.05, 4.69) is 20.1 Å². The van der Waals surface area contributed by atoms with Crippen molar-refractivity contribution in [1.29, 1.82) is 0 Å². The first-order valence-electron chi connectivity index (χ1n) is 11.0. The molecule has 7 heteroatoms. The zero-order valence-corrected chi connectivity index (χ0v) is 17.8. The molecule has 1 fully saturated rings. The lowest BCUT2D eigenvalue weighted by Crippen LogP contribution is -2.47. The Morgan fingerprint density at radius 2 is 1.84 bits per heavy atom. The molecule has 4 aromatic rings. The lowest BCUT2D eigenvalue weighted by Gasteiger charge is -2.35. The van der Waals surface area contributed by atoms with Crippen molar-refractivity contribution in [1.82, 2.24) is 9.88 Å². The average Bonchev–Trinajstić information content (AvgIpc) is 2.81. The largest absolute Gasteiger partial charge is 0.423 e. The molecule has 1 saturated heterocycles. The first kappa shape index (κ1) is 20.5. The highest BCUT2D eigenvalue weighted by atomic mass is 19.1. The number of nitrogens with one attached hydrogen (secondary N) is 1. The number of benzene rings is 2. The van der Waals surface area contributed by atoms with E-state index in [0.29, 0.717) is 5.58 Å². The van der Waals surface area contributed by atoms with Crippen molar-refractivity contribution in [3.8, 4) is 0 Å². The highest BCUT2D eigenvalue weighted by molar-refractivity contribution is 5.92. The maximum Gasteiger partial charge on any atom is 0.338 e. The van der Waals surface area contributed by atoms with Crippen molar-refractivity contribution in [2.75, 3.05) is 49.5 Å². The second kappa shape index (κ2) is 8.96. The Balaban J connectivity index is 1.15. The summed E-state index contributed by atoms with van der Waals surface area (Å²) in [6.45, 7) is 5.34. The predicted molar refractivity (Wildman–Crippen MR) is 126 cm³/mol. The molecule has 1 aliphatic rings. The van der Waals surface area contributed by atoms with Gasteiger partial charge < -0.3 is 14.6 Å². The minimum absolute atomic E-state index is 0.234. The summed E-state index contributed by atoms with van der Waals surface area (Å²) in [4.78, 5) is 21.0. The molecule has 164 valence electrons. The molecule has 1 N–H and O–H groups in total. The van der Waals surface area contributed by atoms with Gasteiger partial charge in [-0.2, -0.15) is 0 Å². The molecule has 32 heavy (non-hydrogen) atoms. The third-order valence-corrected chi connectivity index (χ3v) is 6.00. The van der Waals surface area contributed by atoms with Crippen LogP contribution in [0.1, 0.15) is 6.42 Å². The minimum Gasteiger partial charge on any atom is -0.423 e. The summed E-state index contributed by atoms with van der Waals surface area (Å²) in [6.07, 6.45) is 2.76. The Bertz CT molecular complexity index is 1300. The number of fused-ring (bicyclic) bond motifs is 2.